The molecule has 0 fully saturated rings. The maximum absolute atomic E-state index is 13.1. The van der Waals surface area contributed by atoms with Gasteiger partial charge in [0.2, 0.25) is 5.82 Å². The minimum absolute atomic E-state index is 0.194. The largest absolute Gasteiger partial charge is 0.858 e. The number of aliphatic imine (C=N–C) groups is 1. The molecular formula is C14H9FN5O-. The van der Waals surface area contributed by atoms with Gasteiger partial charge in [0.25, 0.3) is 0 Å². The molecule has 0 radical (unpaired) electrons. The minimum Gasteiger partial charge on any atom is -0.858 e. The van der Waals surface area contributed by atoms with E-state index in [1.165, 1.54) is 18.2 Å². The van der Waals surface area contributed by atoms with Crippen LogP contribution in [0.4, 0.5) is 10.1 Å². The number of halogens is 1. The third kappa shape index (κ3) is 2.92. The third-order valence-electron chi connectivity index (χ3n) is 2.75. The molecule has 0 saturated carbocycles. The van der Waals surface area contributed by atoms with Crippen LogP contribution in [0.1, 0.15) is 5.56 Å². The fourth-order valence-electron chi connectivity index (χ4n) is 1.80. The standard InChI is InChI=1S/C14H10FN5O/c15-11-5-1-4-10(7-11)14(21)16-12-6-2-3-9(8-12)13-17-19-20-18-13/h1-8H,(H,16,21)(H,17,18,19,20)/p-1. The molecule has 1 aromatic heterocycles. The van der Waals surface area contributed by atoms with Gasteiger partial charge < -0.3 is 5.11 Å². The Balaban J connectivity index is 1.94. The van der Waals surface area contributed by atoms with E-state index in [0.717, 1.165) is 6.07 Å². The molecule has 3 aromatic rings. The summed E-state index contributed by atoms with van der Waals surface area (Å²) in [5, 5.41) is 25.5. The lowest BCUT2D eigenvalue weighted by molar-refractivity contribution is -0.212. The van der Waals surface area contributed by atoms with E-state index in [-0.39, 0.29) is 5.56 Å². The topological polar surface area (TPSA) is 89.9 Å². The van der Waals surface area contributed by atoms with E-state index in [0.29, 0.717) is 17.1 Å². The van der Waals surface area contributed by atoms with Crippen LogP contribution in [0.25, 0.3) is 11.4 Å². The fraction of sp³-hybridized carbons (Fsp3) is 0. The van der Waals surface area contributed by atoms with Crippen LogP contribution in [0.15, 0.2) is 53.5 Å². The Labute approximate surface area is 119 Å². The van der Waals surface area contributed by atoms with Crippen LogP contribution in [0, 0.1) is 5.82 Å². The molecular weight excluding hydrogens is 273 g/mol. The summed E-state index contributed by atoms with van der Waals surface area (Å²) >= 11 is 0. The summed E-state index contributed by atoms with van der Waals surface area (Å²) in [6.07, 6.45) is 0. The Morgan fingerprint density at radius 2 is 2.00 bits per heavy atom. The molecule has 0 atom stereocenters. The third-order valence-corrected chi connectivity index (χ3v) is 2.75. The number of hydrogen-bond donors (Lipinski definition) is 1. The molecule has 0 aliphatic carbocycles. The summed E-state index contributed by atoms with van der Waals surface area (Å²) in [5.41, 5.74) is 1.31. The lowest BCUT2D eigenvalue weighted by Crippen LogP contribution is -2.18. The molecule has 0 amide bonds. The van der Waals surface area contributed by atoms with E-state index in [1.54, 1.807) is 24.3 Å². The van der Waals surface area contributed by atoms with Crippen molar-refractivity contribution in [3.63, 3.8) is 0 Å². The van der Waals surface area contributed by atoms with Crippen molar-refractivity contribution < 1.29 is 9.50 Å². The predicted molar refractivity (Wildman–Crippen MR) is 72.2 cm³/mol. The van der Waals surface area contributed by atoms with Gasteiger partial charge in [0, 0.05) is 5.56 Å². The first-order valence-corrected chi connectivity index (χ1v) is 6.08. The van der Waals surface area contributed by atoms with Crippen molar-refractivity contribution in [2.24, 2.45) is 4.99 Å². The normalized spacial score (nSPS) is 11.6. The van der Waals surface area contributed by atoms with E-state index in [9.17, 15) is 9.50 Å². The van der Waals surface area contributed by atoms with Gasteiger partial charge >= 0.3 is 0 Å². The molecule has 0 aliphatic rings. The zero-order valence-electron chi connectivity index (χ0n) is 10.7. The first-order chi connectivity index (χ1) is 10.2. The number of aromatic nitrogens is 4. The van der Waals surface area contributed by atoms with Gasteiger partial charge in [0.1, 0.15) is 5.82 Å². The molecule has 3 rings (SSSR count). The number of nitrogens with one attached hydrogen (secondary N) is 1. The smallest absolute Gasteiger partial charge is 0.204 e. The van der Waals surface area contributed by atoms with Crippen molar-refractivity contribution >= 4 is 11.6 Å². The molecule has 21 heavy (non-hydrogen) atoms. The number of tetrazole rings is 1. The van der Waals surface area contributed by atoms with Crippen LogP contribution < -0.4 is 5.11 Å². The quantitative estimate of drug-likeness (QED) is 0.581. The molecule has 104 valence electrons. The maximum atomic E-state index is 13.1. The summed E-state index contributed by atoms with van der Waals surface area (Å²) in [4.78, 5) is 3.95. The molecule has 1 N–H and O–H groups in total. The lowest BCUT2D eigenvalue weighted by atomic mass is 10.2. The van der Waals surface area contributed by atoms with Gasteiger partial charge in [-0.25, -0.2) is 4.39 Å². The van der Waals surface area contributed by atoms with Crippen molar-refractivity contribution in [2.45, 2.75) is 0 Å². The van der Waals surface area contributed by atoms with E-state index >= 15 is 0 Å². The Morgan fingerprint density at radius 1 is 1.14 bits per heavy atom. The van der Waals surface area contributed by atoms with E-state index in [1.807, 2.05) is 0 Å². The number of rotatable bonds is 3. The molecule has 2 aromatic carbocycles. The maximum Gasteiger partial charge on any atom is 0.204 e. The second-order valence-electron chi connectivity index (χ2n) is 4.21. The Hall–Kier alpha value is -3.09. The Morgan fingerprint density at radius 3 is 2.76 bits per heavy atom. The highest BCUT2D eigenvalue weighted by Crippen LogP contribution is 2.21. The van der Waals surface area contributed by atoms with Crippen molar-refractivity contribution in [2.75, 3.05) is 0 Å². The molecule has 1 heterocycles. The first kappa shape index (κ1) is 12.9. The molecule has 0 saturated heterocycles. The molecule has 7 heteroatoms. The van der Waals surface area contributed by atoms with Gasteiger partial charge in [-0.3, -0.25) is 4.99 Å². The molecule has 6 nitrogen and oxygen atoms in total. The molecule has 0 spiro atoms. The van der Waals surface area contributed by atoms with Gasteiger partial charge in [-0.15, -0.1) is 10.2 Å². The monoisotopic (exact) mass is 282 g/mol. The number of benzene rings is 2. The highest BCUT2D eigenvalue weighted by molar-refractivity contribution is 5.92. The zero-order chi connectivity index (χ0) is 14.7. The second kappa shape index (κ2) is 5.49. The van der Waals surface area contributed by atoms with Crippen molar-refractivity contribution in [1.82, 2.24) is 20.6 Å². The Bertz CT molecular complexity index is 786. The number of nitrogens with zero attached hydrogens (tertiary/aromatic N) is 4. The van der Waals surface area contributed by atoms with Crippen molar-refractivity contribution in [3.05, 3.63) is 59.9 Å². The molecule has 0 unspecified atom stereocenters. The summed E-state index contributed by atoms with van der Waals surface area (Å²) in [7, 11) is 0. The van der Waals surface area contributed by atoms with Crippen molar-refractivity contribution in [1.29, 1.82) is 0 Å². The van der Waals surface area contributed by atoms with Crippen LogP contribution >= 0.6 is 0 Å². The minimum atomic E-state index is -0.514. The van der Waals surface area contributed by atoms with Crippen LogP contribution in [0.5, 0.6) is 0 Å². The van der Waals surface area contributed by atoms with Gasteiger partial charge in [-0.1, -0.05) is 24.3 Å². The van der Waals surface area contributed by atoms with E-state index in [4.69, 9.17) is 0 Å². The average Bonchev–Trinajstić information content (AvgIpc) is 3.02. The predicted octanol–water partition coefficient (Wildman–Crippen LogP) is 1.44. The average molecular weight is 282 g/mol. The van der Waals surface area contributed by atoms with Crippen LogP contribution in [0.2, 0.25) is 0 Å². The molecule has 0 bridgehead atoms. The summed E-state index contributed by atoms with van der Waals surface area (Å²) in [5.74, 6) is -0.582. The van der Waals surface area contributed by atoms with Gasteiger partial charge in [0.15, 0.2) is 0 Å². The number of H-pyrrole nitrogens is 1. The number of aromatic amines is 1. The SMILES string of the molecule is [O-]C(=Nc1cccc(-c2nn[nH]n2)c1)c1cccc(F)c1. The number of hydrogen-bond acceptors (Lipinski definition) is 5. The van der Waals surface area contributed by atoms with E-state index in [2.05, 4.69) is 25.6 Å². The summed E-state index contributed by atoms with van der Waals surface area (Å²) < 4.78 is 13.1. The summed E-state index contributed by atoms with van der Waals surface area (Å²) in [6.45, 7) is 0. The van der Waals surface area contributed by atoms with Crippen LogP contribution in [-0.4, -0.2) is 26.5 Å². The molecule has 0 aliphatic heterocycles. The highest BCUT2D eigenvalue weighted by atomic mass is 19.1. The second-order valence-corrected chi connectivity index (χ2v) is 4.21. The Kier molecular flexibility index (Phi) is 3.38. The van der Waals surface area contributed by atoms with E-state index < -0.39 is 11.7 Å². The summed E-state index contributed by atoms with van der Waals surface area (Å²) in [6, 6.07) is 12.2. The van der Waals surface area contributed by atoms with Gasteiger partial charge in [-0.2, -0.15) is 5.21 Å². The fourth-order valence-corrected chi connectivity index (χ4v) is 1.80. The zero-order valence-corrected chi connectivity index (χ0v) is 10.7. The van der Waals surface area contributed by atoms with Crippen LogP contribution in [0.3, 0.4) is 0 Å². The lowest BCUT2D eigenvalue weighted by Gasteiger charge is -2.11. The first-order valence-electron chi connectivity index (χ1n) is 6.08. The van der Waals surface area contributed by atoms with Crippen molar-refractivity contribution in [3.8, 4) is 11.4 Å². The van der Waals surface area contributed by atoms with Gasteiger partial charge in [0.05, 0.1) is 5.69 Å². The van der Waals surface area contributed by atoms with Crippen LogP contribution in [-0.2, 0) is 0 Å². The highest BCUT2D eigenvalue weighted by Gasteiger charge is 2.03. The van der Waals surface area contributed by atoms with Gasteiger partial charge in [-0.05, 0) is 40.9 Å².